The first-order chi connectivity index (χ1) is 8.74. The predicted molar refractivity (Wildman–Crippen MR) is 68.1 cm³/mol. The maximum Gasteiger partial charge on any atom is 0.240 e. The van der Waals surface area contributed by atoms with Crippen molar-refractivity contribution >= 4 is 11.6 Å². The third kappa shape index (κ3) is 2.61. The van der Waals surface area contributed by atoms with E-state index < -0.39 is 0 Å². The van der Waals surface area contributed by atoms with E-state index in [0.717, 1.165) is 24.1 Å². The summed E-state index contributed by atoms with van der Waals surface area (Å²) >= 11 is 0. The van der Waals surface area contributed by atoms with Crippen LogP contribution in [0.25, 0.3) is 0 Å². The summed E-state index contributed by atoms with van der Waals surface area (Å²) in [6.07, 6.45) is 2.09. The molecule has 1 aliphatic heterocycles. The van der Waals surface area contributed by atoms with E-state index >= 15 is 0 Å². The third-order valence-electron chi connectivity index (χ3n) is 2.85. The van der Waals surface area contributed by atoms with Gasteiger partial charge in [0.15, 0.2) is 11.5 Å². The number of hydrogen-bond donors (Lipinski definition) is 1. The smallest absolute Gasteiger partial charge is 0.240 e. The molecule has 0 saturated heterocycles. The minimum Gasteiger partial charge on any atom is -0.493 e. The Bertz CT molecular complexity index is 483. The van der Waals surface area contributed by atoms with Crippen LogP contribution in [0.4, 0.5) is 0 Å². The average molecular weight is 248 g/mol. The molecule has 0 aromatic heterocycles. The highest BCUT2D eigenvalue weighted by atomic mass is 16.5. The number of hydrazone groups is 1. The van der Waals surface area contributed by atoms with Crippen LogP contribution in [0.2, 0.25) is 0 Å². The minimum atomic E-state index is -0.0366. The van der Waals surface area contributed by atoms with Gasteiger partial charge in [0, 0.05) is 12.0 Å². The number of amides is 1. The standard InChI is InChI=1S/C13H16N2O3/c1-17-11-7-6-9(8-12(11)18-2)10-4-3-5-13(16)15-14-10/h6-8H,3-5H2,1-2H3,(H,15,16). The molecule has 2 rings (SSSR count). The average Bonchev–Trinajstić information content (AvgIpc) is 2.62. The van der Waals surface area contributed by atoms with Crippen molar-refractivity contribution in [3.05, 3.63) is 23.8 Å². The van der Waals surface area contributed by atoms with E-state index in [0.29, 0.717) is 17.9 Å². The zero-order valence-electron chi connectivity index (χ0n) is 10.5. The van der Waals surface area contributed by atoms with E-state index in [4.69, 9.17) is 9.47 Å². The highest BCUT2D eigenvalue weighted by Gasteiger charge is 2.13. The van der Waals surface area contributed by atoms with Gasteiger partial charge >= 0.3 is 0 Å². The number of benzene rings is 1. The lowest BCUT2D eigenvalue weighted by atomic mass is 10.0. The van der Waals surface area contributed by atoms with Crippen molar-refractivity contribution in [1.29, 1.82) is 0 Å². The number of rotatable bonds is 3. The molecule has 1 aromatic carbocycles. The Morgan fingerprint density at radius 1 is 1.17 bits per heavy atom. The van der Waals surface area contributed by atoms with Crippen LogP contribution < -0.4 is 14.9 Å². The summed E-state index contributed by atoms with van der Waals surface area (Å²) in [5.41, 5.74) is 4.34. The van der Waals surface area contributed by atoms with Gasteiger partial charge in [0.2, 0.25) is 5.91 Å². The molecule has 1 aromatic rings. The van der Waals surface area contributed by atoms with Crippen molar-refractivity contribution in [3.8, 4) is 11.5 Å². The van der Waals surface area contributed by atoms with Gasteiger partial charge in [-0.1, -0.05) is 0 Å². The molecular weight excluding hydrogens is 232 g/mol. The van der Waals surface area contributed by atoms with E-state index in [-0.39, 0.29) is 5.91 Å². The molecule has 96 valence electrons. The lowest BCUT2D eigenvalue weighted by Gasteiger charge is -2.10. The first-order valence-electron chi connectivity index (χ1n) is 5.82. The highest BCUT2D eigenvalue weighted by molar-refractivity contribution is 6.02. The lowest BCUT2D eigenvalue weighted by Crippen LogP contribution is -2.15. The number of hydrogen-bond acceptors (Lipinski definition) is 4. The first kappa shape index (κ1) is 12.4. The molecule has 0 bridgehead atoms. The van der Waals surface area contributed by atoms with E-state index in [1.165, 1.54) is 0 Å². The first-order valence-corrected chi connectivity index (χ1v) is 5.82. The Kier molecular flexibility index (Phi) is 3.82. The fraction of sp³-hybridized carbons (Fsp3) is 0.385. The van der Waals surface area contributed by atoms with E-state index in [1.807, 2.05) is 18.2 Å². The Labute approximate surface area is 106 Å². The zero-order valence-corrected chi connectivity index (χ0v) is 10.5. The summed E-state index contributed by atoms with van der Waals surface area (Å²) in [5.74, 6) is 1.30. The summed E-state index contributed by atoms with van der Waals surface area (Å²) in [7, 11) is 3.19. The monoisotopic (exact) mass is 248 g/mol. The Hall–Kier alpha value is -2.04. The maximum atomic E-state index is 11.2. The van der Waals surface area contributed by atoms with E-state index in [9.17, 15) is 4.79 Å². The molecular formula is C13H16N2O3. The maximum absolute atomic E-state index is 11.2. The van der Waals surface area contributed by atoms with Gasteiger partial charge in [0.05, 0.1) is 19.9 Å². The molecule has 0 atom stereocenters. The summed E-state index contributed by atoms with van der Waals surface area (Å²) < 4.78 is 10.4. The van der Waals surface area contributed by atoms with Crippen molar-refractivity contribution < 1.29 is 14.3 Å². The second-order valence-electron chi connectivity index (χ2n) is 4.02. The van der Waals surface area contributed by atoms with Crippen LogP contribution in [0, 0.1) is 0 Å². The molecule has 5 heteroatoms. The van der Waals surface area contributed by atoms with Gasteiger partial charge in [-0.25, -0.2) is 5.43 Å². The van der Waals surface area contributed by atoms with Crippen molar-refractivity contribution in [2.45, 2.75) is 19.3 Å². The largest absolute Gasteiger partial charge is 0.493 e. The van der Waals surface area contributed by atoms with Gasteiger partial charge < -0.3 is 9.47 Å². The number of methoxy groups -OCH3 is 2. The van der Waals surface area contributed by atoms with Gasteiger partial charge in [-0.2, -0.15) is 5.10 Å². The molecule has 1 N–H and O–H groups in total. The fourth-order valence-electron chi connectivity index (χ4n) is 1.88. The van der Waals surface area contributed by atoms with Crippen molar-refractivity contribution in [1.82, 2.24) is 5.43 Å². The van der Waals surface area contributed by atoms with Gasteiger partial charge in [0.1, 0.15) is 0 Å². The fourth-order valence-corrected chi connectivity index (χ4v) is 1.88. The summed E-state index contributed by atoms with van der Waals surface area (Å²) in [4.78, 5) is 11.2. The Morgan fingerprint density at radius 2 is 1.94 bits per heavy atom. The molecule has 5 nitrogen and oxygen atoms in total. The minimum absolute atomic E-state index is 0.0366. The molecule has 1 amide bonds. The van der Waals surface area contributed by atoms with Crippen LogP contribution in [0.3, 0.4) is 0 Å². The molecule has 0 saturated carbocycles. The van der Waals surface area contributed by atoms with Crippen LogP contribution in [0.5, 0.6) is 11.5 Å². The molecule has 0 fully saturated rings. The molecule has 1 aliphatic rings. The van der Waals surface area contributed by atoms with Crippen LogP contribution in [0.1, 0.15) is 24.8 Å². The quantitative estimate of drug-likeness (QED) is 0.885. The molecule has 0 spiro atoms. The normalized spacial score (nSPS) is 15.4. The van der Waals surface area contributed by atoms with Crippen molar-refractivity contribution in [2.75, 3.05) is 14.2 Å². The van der Waals surface area contributed by atoms with Gasteiger partial charge in [-0.05, 0) is 31.0 Å². The van der Waals surface area contributed by atoms with Crippen molar-refractivity contribution in [2.24, 2.45) is 5.10 Å². The van der Waals surface area contributed by atoms with Gasteiger partial charge in [0.25, 0.3) is 0 Å². The molecule has 0 aliphatic carbocycles. The second-order valence-corrected chi connectivity index (χ2v) is 4.02. The molecule has 0 unspecified atom stereocenters. The zero-order chi connectivity index (χ0) is 13.0. The van der Waals surface area contributed by atoms with E-state index in [1.54, 1.807) is 14.2 Å². The van der Waals surface area contributed by atoms with Gasteiger partial charge in [-0.3, -0.25) is 4.79 Å². The number of nitrogens with one attached hydrogen (secondary N) is 1. The lowest BCUT2D eigenvalue weighted by molar-refractivity contribution is -0.120. The van der Waals surface area contributed by atoms with Crippen LogP contribution in [-0.4, -0.2) is 25.8 Å². The number of carbonyl (C=O) groups is 1. The van der Waals surface area contributed by atoms with Crippen LogP contribution >= 0.6 is 0 Å². The van der Waals surface area contributed by atoms with E-state index in [2.05, 4.69) is 10.5 Å². The highest BCUT2D eigenvalue weighted by Crippen LogP contribution is 2.28. The Balaban J connectivity index is 2.30. The Morgan fingerprint density at radius 3 is 2.67 bits per heavy atom. The number of carbonyl (C=O) groups excluding carboxylic acids is 1. The number of nitrogens with zero attached hydrogens (tertiary/aromatic N) is 1. The molecule has 18 heavy (non-hydrogen) atoms. The van der Waals surface area contributed by atoms with Crippen molar-refractivity contribution in [3.63, 3.8) is 0 Å². The summed E-state index contributed by atoms with van der Waals surface area (Å²) in [6, 6.07) is 5.62. The van der Waals surface area contributed by atoms with Crippen LogP contribution in [0.15, 0.2) is 23.3 Å². The SMILES string of the molecule is COc1ccc(C2=NNC(=O)CCC2)cc1OC. The summed E-state index contributed by atoms with van der Waals surface area (Å²) in [6.45, 7) is 0. The topological polar surface area (TPSA) is 59.9 Å². The molecule has 0 radical (unpaired) electrons. The third-order valence-corrected chi connectivity index (χ3v) is 2.85. The second kappa shape index (κ2) is 5.53. The van der Waals surface area contributed by atoms with Crippen LogP contribution in [-0.2, 0) is 4.79 Å². The number of ether oxygens (including phenoxy) is 2. The predicted octanol–water partition coefficient (Wildman–Crippen LogP) is 1.71. The molecule has 1 heterocycles. The summed E-state index contributed by atoms with van der Waals surface area (Å²) in [5, 5.41) is 4.13. The van der Waals surface area contributed by atoms with Gasteiger partial charge in [-0.15, -0.1) is 0 Å².